The van der Waals surface area contributed by atoms with Crippen LogP contribution in [0.1, 0.15) is 34.6 Å². The second kappa shape index (κ2) is 9.73. The van der Waals surface area contributed by atoms with Crippen LogP contribution >= 0.6 is 11.6 Å². The summed E-state index contributed by atoms with van der Waals surface area (Å²) >= 11 is 5.82. The van der Waals surface area contributed by atoms with Crippen LogP contribution in [0.25, 0.3) is 0 Å². The molecule has 0 atom stereocenters. The molecular formula is C20H21ClN2O4. The highest BCUT2D eigenvalue weighted by atomic mass is 35.5. The van der Waals surface area contributed by atoms with Gasteiger partial charge in [-0.25, -0.2) is 4.79 Å². The third-order valence-corrected chi connectivity index (χ3v) is 4.07. The molecule has 0 unspecified atom stereocenters. The van der Waals surface area contributed by atoms with E-state index in [2.05, 4.69) is 5.32 Å². The van der Waals surface area contributed by atoms with Crippen molar-refractivity contribution >= 4 is 35.1 Å². The van der Waals surface area contributed by atoms with Gasteiger partial charge in [-0.1, -0.05) is 23.7 Å². The first-order chi connectivity index (χ1) is 12.9. The summed E-state index contributed by atoms with van der Waals surface area (Å²) in [5.41, 5.74) is 1.20. The lowest BCUT2D eigenvalue weighted by molar-refractivity contribution is -0.119. The molecular weight excluding hydrogens is 368 g/mol. The zero-order valence-electron chi connectivity index (χ0n) is 15.2. The number of rotatable bonds is 7. The van der Waals surface area contributed by atoms with E-state index in [0.717, 1.165) is 0 Å². The van der Waals surface area contributed by atoms with Gasteiger partial charge in [0.2, 0.25) is 0 Å². The molecule has 6 nitrogen and oxygen atoms in total. The van der Waals surface area contributed by atoms with Gasteiger partial charge in [0.05, 0.1) is 5.56 Å². The summed E-state index contributed by atoms with van der Waals surface area (Å²) in [6.07, 6.45) is 0. The van der Waals surface area contributed by atoms with Crippen molar-refractivity contribution in [1.82, 2.24) is 4.90 Å². The number of halogens is 1. The Morgan fingerprint density at radius 3 is 2.33 bits per heavy atom. The van der Waals surface area contributed by atoms with Crippen LogP contribution in [0.5, 0.6) is 0 Å². The molecule has 2 amide bonds. The molecule has 0 fully saturated rings. The Bertz CT molecular complexity index is 834. The fourth-order valence-electron chi connectivity index (χ4n) is 2.45. The lowest BCUT2D eigenvalue weighted by Crippen LogP contribution is -2.30. The molecule has 1 N–H and O–H groups in total. The SMILES string of the molecule is CCN(CC)C(=O)c1cccc(NC(=O)COC(=O)c2cccc(Cl)c2)c1. The van der Waals surface area contributed by atoms with Gasteiger partial charge in [-0.15, -0.1) is 0 Å². The first-order valence-corrected chi connectivity index (χ1v) is 8.94. The van der Waals surface area contributed by atoms with Gasteiger partial charge in [0.15, 0.2) is 6.61 Å². The van der Waals surface area contributed by atoms with Crippen molar-refractivity contribution in [2.45, 2.75) is 13.8 Å². The molecule has 27 heavy (non-hydrogen) atoms. The molecule has 2 aromatic carbocycles. The predicted molar refractivity (Wildman–Crippen MR) is 104 cm³/mol. The summed E-state index contributed by atoms with van der Waals surface area (Å²) in [5.74, 6) is -1.25. The van der Waals surface area contributed by atoms with Gasteiger partial charge < -0.3 is 15.0 Å². The average Bonchev–Trinajstić information content (AvgIpc) is 2.67. The van der Waals surface area contributed by atoms with Crippen LogP contribution in [-0.2, 0) is 9.53 Å². The Morgan fingerprint density at radius 2 is 1.67 bits per heavy atom. The molecule has 142 valence electrons. The fraction of sp³-hybridized carbons (Fsp3) is 0.250. The summed E-state index contributed by atoms with van der Waals surface area (Å²) < 4.78 is 4.98. The van der Waals surface area contributed by atoms with Crippen LogP contribution in [-0.4, -0.2) is 42.4 Å². The van der Waals surface area contributed by atoms with E-state index in [9.17, 15) is 14.4 Å². The van der Waals surface area contributed by atoms with E-state index in [1.165, 1.54) is 6.07 Å². The quantitative estimate of drug-likeness (QED) is 0.735. The maximum atomic E-state index is 12.4. The summed E-state index contributed by atoms with van der Waals surface area (Å²) in [5, 5.41) is 3.02. The van der Waals surface area contributed by atoms with Crippen molar-refractivity contribution in [1.29, 1.82) is 0 Å². The third-order valence-electron chi connectivity index (χ3n) is 3.84. The zero-order chi connectivity index (χ0) is 19.8. The topological polar surface area (TPSA) is 75.7 Å². The molecule has 0 bridgehead atoms. The first-order valence-electron chi connectivity index (χ1n) is 8.56. The van der Waals surface area contributed by atoms with Crippen molar-refractivity contribution in [2.75, 3.05) is 25.0 Å². The Hall–Kier alpha value is -2.86. The Morgan fingerprint density at radius 1 is 1.00 bits per heavy atom. The van der Waals surface area contributed by atoms with Gasteiger partial charge in [-0.05, 0) is 50.2 Å². The second-order valence-electron chi connectivity index (χ2n) is 5.69. The second-order valence-corrected chi connectivity index (χ2v) is 6.13. The van der Waals surface area contributed by atoms with E-state index in [1.54, 1.807) is 47.4 Å². The van der Waals surface area contributed by atoms with Crippen molar-refractivity contribution in [2.24, 2.45) is 0 Å². The fourth-order valence-corrected chi connectivity index (χ4v) is 2.64. The van der Waals surface area contributed by atoms with Crippen LogP contribution in [0, 0.1) is 0 Å². The highest BCUT2D eigenvalue weighted by Crippen LogP contribution is 2.14. The Labute approximate surface area is 163 Å². The maximum Gasteiger partial charge on any atom is 0.338 e. The summed E-state index contributed by atoms with van der Waals surface area (Å²) in [6.45, 7) is 4.57. The lowest BCUT2D eigenvalue weighted by Gasteiger charge is -2.19. The molecule has 0 aliphatic heterocycles. The largest absolute Gasteiger partial charge is 0.452 e. The van der Waals surface area contributed by atoms with Gasteiger partial charge >= 0.3 is 5.97 Å². The molecule has 0 spiro atoms. The highest BCUT2D eigenvalue weighted by molar-refractivity contribution is 6.30. The highest BCUT2D eigenvalue weighted by Gasteiger charge is 2.14. The summed E-state index contributed by atoms with van der Waals surface area (Å²) in [6, 6.07) is 12.9. The molecule has 0 saturated carbocycles. The predicted octanol–water partition coefficient (Wildman–Crippen LogP) is 3.62. The van der Waals surface area contributed by atoms with Crippen LogP contribution in [0.3, 0.4) is 0 Å². The molecule has 7 heteroatoms. The number of hydrogen-bond donors (Lipinski definition) is 1. The Balaban J connectivity index is 1.95. The van der Waals surface area contributed by atoms with Crippen molar-refractivity contribution < 1.29 is 19.1 Å². The zero-order valence-corrected chi connectivity index (χ0v) is 16.0. The number of ether oxygens (including phenoxy) is 1. The molecule has 2 aromatic rings. The number of nitrogens with one attached hydrogen (secondary N) is 1. The van der Waals surface area contributed by atoms with Crippen LogP contribution in [0.15, 0.2) is 48.5 Å². The molecule has 0 aliphatic rings. The number of anilines is 1. The van der Waals surface area contributed by atoms with Gasteiger partial charge in [0.1, 0.15) is 0 Å². The summed E-state index contributed by atoms with van der Waals surface area (Å²) in [4.78, 5) is 38.0. The number of esters is 1. The van der Waals surface area contributed by atoms with Crippen molar-refractivity contribution in [3.05, 3.63) is 64.7 Å². The van der Waals surface area contributed by atoms with Gasteiger partial charge in [-0.3, -0.25) is 9.59 Å². The monoisotopic (exact) mass is 388 g/mol. The average molecular weight is 389 g/mol. The standard InChI is InChI=1S/C20H21ClN2O4/c1-3-23(4-2)19(25)14-7-6-10-17(12-14)22-18(24)13-27-20(26)15-8-5-9-16(21)11-15/h5-12H,3-4,13H2,1-2H3,(H,22,24). The number of amides is 2. The van der Waals surface area contributed by atoms with Gasteiger partial charge in [0.25, 0.3) is 11.8 Å². The minimum absolute atomic E-state index is 0.108. The lowest BCUT2D eigenvalue weighted by atomic mass is 10.1. The molecule has 0 heterocycles. The molecule has 0 aliphatic carbocycles. The third kappa shape index (κ3) is 5.82. The maximum absolute atomic E-state index is 12.4. The van der Waals surface area contributed by atoms with E-state index < -0.39 is 18.5 Å². The number of nitrogens with zero attached hydrogens (tertiary/aromatic N) is 1. The van der Waals surface area contributed by atoms with Crippen LogP contribution < -0.4 is 5.32 Å². The normalized spacial score (nSPS) is 10.2. The Kier molecular flexibility index (Phi) is 7.37. The molecule has 0 saturated heterocycles. The van der Waals surface area contributed by atoms with E-state index in [0.29, 0.717) is 29.4 Å². The number of carbonyl (C=O) groups is 3. The smallest absolute Gasteiger partial charge is 0.338 e. The van der Waals surface area contributed by atoms with Crippen molar-refractivity contribution in [3.8, 4) is 0 Å². The van der Waals surface area contributed by atoms with Gasteiger partial charge in [0, 0.05) is 29.4 Å². The molecule has 0 radical (unpaired) electrons. The van der Waals surface area contributed by atoms with E-state index in [1.807, 2.05) is 13.8 Å². The van der Waals surface area contributed by atoms with Crippen molar-refractivity contribution in [3.63, 3.8) is 0 Å². The number of benzene rings is 2. The molecule has 2 rings (SSSR count). The molecule has 0 aromatic heterocycles. The van der Waals surface area contributed by atoms with E-state index >= 15 is 0 Å². The minimum atomic E-state index is -0.641. The van der Waals surface area contributed by atoms with E-state index in [4.69, 9.17) is 16.3 Å². The van der Waals surface area contributed by atoms with Crippen LogP contribution in [0.2, 0.25) is 5.02 Å². The van der Waals surface area contributed by atoms with Gasteiger partial charge in [-0.2, -0.15) is 0 Å². The number of carbonyl (C=O) groups excluding carboxylic acids is 3. The number of hydrogen-bond acceptors (Lipinski definition) is 4. The minimum Gasteiger partial charge on any atom is -0.452 e. The van der Waals surface area contributed by atoms with E-state index in [-0.39, 0.29) is 11.5 Å². The summed E-state index contributed by atoms with van der Waals surface area (Å²) in [7, 11) is 0. The first kappa shape index (κ1) is 20.5. The van der Waals surface area contributed by atoms with Crippen LogP contribution in [0.4, 0.5) is 5.69 Å².